The molecule has 0 spiro atoms. The van der Waals surface area contributed by atoms with Crippen molar-refractivity contribution in [3.63, 3.8) is 0 Å². The van der Waals surface area contributed by atoms with Gasteiger partial charge in [-0.3, -0.25) is 0 Å². The topological polar surface area (TPSA) is 43.6 Å². The molecule has 7 heteroatoms. The number of benzene rings is 1. The summed E-state index contributed by atoms with van der Waals surface area (Å²) in [5.41, 5.74) is 1.52. The Kier molecular flexibility index (Phi) is 4.29. The van der Waals surface area contributed by atoms with Gasteiger partial charge in [0.2, 0.25) is 0 Å². The Morgan fingerprint density at radius 1 is 1.35 bits per heavy atom. The van der Waals surface area contributed by atoms with Crippen LogP contribution in [0.5, 0.6) is 0 Å². The molecule has 0 atom stereocenters. The highest BCUT2D eigenvalue weighted by Crippen LogP contribution is 2.26. The van der Waals surface area contributed by atoms with Crippen LogP contribution in [-0.4, -0.2) is 22.5 Å². The largest absolute Gasteiger partial charge is 0.465 e. The standard InChI is InChI=1S/C16H12F2N2O2S/c1-22-16(21)12-3-2-6-20-8-11(19-15(12)20)9-23-14-5-4-10(17)7-13(14)18/h2-8H,9H2,1H3. The number of esters is 1. The number of hydrogen-bond acceptors (Lipinski definition) is 4. The molecule has 3 aromatic rings. The Morgan fingerprint density at radius 3 is 2.91 bits per heavy atom. The molecule has 4 nitrogen and oxygen atoms in total. The third kappa shape index (κ3) is 3.19. The second kappa shape index (κ2) is 6.37. The molecule has 0 N–H and O–H groups in total. The van der Waals surface area contributed by atoms with E-state index in [1.165, 1.54) is 31.0 Å². The fraction of sp³-hybridized carbons (Fsp3) is 0.125. The van der Waals surface area contributed by atoms with E-state index in [1.807, 2.05) is 0 Å². The van der Waals surface area contributed by atoms with E-state index >= 15 is 0 Å². The normalized spacial score (nSPS) is 10.9. The maximum Gasteiger partial charge on any atom is 0.341 e. The lowest BCUT2D eigenvalue weighted by molar-refractivity contribution is 0.0602. The molecular formula is C16H12F2N2O2S. The van der Waals surface area contributed by atoms with E-state index in [1.54, 1.807) is 28.9 Å². The number of halogens is 2. The molecule has 0 aliphatic carbocycles. The molecule has 0 radical (unpaired) electrons. The zero-order valence-corrected chi connectivity index (χ0v) is 12.9. The zero-order chi connectivity index (χ0) is 16.4. The summed E-state index contributed by atoms with van der Waals surface area (Å²) in [6, 6.07) is 6.80. The lowest BCUT2D eigenvalue weighted by atomic mass is 10.3. The Morgan fingerprint density at radius 2 is 2.17 bits per heavy atom. The van der Waals surface area contributed by atoms with Gasteiger partial charge in [0.05, 0.1) is 12.8 Å². The number of nitrogens with zero attached hydrogens (tertiary/aromatic N) is 2. The van der Waals surface area contributed by atoms with Crippen LogP contribution in [0.15, 0.2) is 47.6 Å². The van der Waals surface area contributed by atoms with Gasteiger partial charge in [0.15, 0.2) is 5.65 Å². The molecule has 118 valence electrons. The molecule has 0 fully saturated rings. The van der Waals surface area contributed by atoms with Crippen molar-refractivity contribution in [2.45, 2.75) is 10.6 Å². The van der Waals surface area contributed by atoms with E-state index in [0.29, 0.717) is 27.6 Å². The molecule has 2 heterocycles. The van der Waals surface area contributed by atoms with E-state index in [0.717, 1.165) is 6.07 Å². The van der Waals surface area contributed by atoms with Crippen LogP contribution in [0.2, 0.25) is 0 Å². The third-order valence-corrected chi connectivity index (χ3v) is 4.29. The molecule has 0 bridgehead atoms. The number of carbonyl (C=O) groups is 1. The molecule has 1 aromatic carbocycles. The summed E-state index contributed by atoms with van der Waals surface area (Å²) in [7, 11) is 1.31. The molecule has 3 rings (SSSR count). The lowest BCUT2D eigenvalue weighted by Gasteiger charge is -2.01. The Hall–Kier alpha value is -2.41. The van der Waals surface area contributed by atoms with Gasteiger partial charge < -0.3 is 9.14 Å². The summed E-state index contributed by atoms with van der Waals surface area (Å²) >= 11 is 1.21. The van der Waals surface area contributed by atoms with Crippen molar-refractivity contribution in [1.29, 1.82) is 0 Å². The molecule has 0 saturated carbocycles. The fourth-order valence-electron chi connectivity index (χ4n) is 2.15. The highest BCUT2D eigenvalue weighted by atomic mass is 32.2. The second-order valence-corrected chi connectivity index (χ2v) is 5.76. The van der Waals surface area contributed by atoms with E-state index in [-0.39, 0.29) is 0 Å². The average molecular weight is 334 g/mol. The van der Waals surface area contributed by atoms with Crippen LogP contribution in [0.3, 0.4) is 0 Å². The third-order valence-electron chi connectivity index (χ3n) is 3.21. The van der Waals surface area contributed by atoms with Crippen molar-refractivity contribution >= 4 is 23.4 Å². The summed E-state index contributed by atoms with van der Waals surface area (Å²) < 4.78 is 33.0. The van der Waals surface area contributed by atoms with E-state index in [4.69, 9.17) is 4.74 Å². The number of imidazole rings is 1. The van der Waals surface area contributed by atoms with Crippen molar-refractivity contribution in [3.8, 4) is 0 Å². The molecular weight excluding hydrogens is 322 g/mol. The molecule has 0 saturated heterocycles. The van der Waals surface area contributed by atoms with Crippen LogP contribution in [-0.2, 0) is 10.5 Å². The number of ether oxygens (including phenoxy) is 1. The fourth-order valence-corrected chi connectivity index (χ4v) is 2.95. The van der Waals surface area contributed by atoms with Crippen molar-refractivity contribution in [2.24, 2.45) is 0 Å². The van der Waals surface area contributed by atoms with Gasteiger partial charge >= 0.3 is 5.97 Å². The average Bonchev–Trinajstić information content (AvgIpc) is 2.96. The first kappa shape index (κ1) is 15.5. The zero-order valence-electron chi connectivity index (χ0n) is 12.1. The first-order valence-electron chi connectivity index (χ1n) is 6.71. The highest BCUT2D eigenvalue weighted by Gasteiger charge is 2.14. The Balaban J connectivity index is 1.85. The monoisotopic (exact) mass is 334 g/mol. The molecule has 23 heavy (non-hydrogen) atoms. The van der Waals surface area contributed by atoms with Crippen LogP contribution in [0, 0.1) is 11.6 Å². The van der Waals surface area contributed by atoms with Crippen molar-refractivity contribution < 1.29 is 18.3 Å². The number of carbonyl (C=O) groups excluding carboxylic acids is 1. The molecule has 0 amide bonds. The second-order valence-electron chi connectivity index (χ2n) is 4.74. The number of thioether (sulfide) groups is 1. The van der Waals surface area contributed by atoms with Crippen LogP contribution in [0.4, 0.5) is 8.78 Å². The van der Waals surface area contributed by atoms with E-state index in [2.05, 4.69) is 4.98 Å². The van der Waals surface area contributed by atoms with Gasteiger partial charge in [-0.2, -0.15) is 0 Å². The Labute approximate surface area is 135 Å². The minimum Gasteiger partial charge on any atom is -0.465 e. The lowest BCUT2D eigenvalue weighted by Crippen LogP contribution is -2.03. The van der Waals surface area contributed by atoms with Gasteiger partial charge in [0, 0.05) is 29.1 Å². The van der Waals surface area contributed by atoms with Gasteiger partial charge in [-0.1, -0.05) is 0 Å². The minimum atomic E-state index is -0.609. The van der Waals surface area contributed by atoms with Gasteiger partial charge in [-0.15, -0.1) is 11.8 Å². The van der Waals surface area contributed by atoms with Gasteiger partial charge in [0.1, 0.15) is 17.2 Å². The summed E-state index contributed by atoms with van der Waals surface area (Å²) in [4.78, 5) is 16.5. The van der Waals surface area contributed by atoms with E-state index in [9.17, 15) is 13.6 Å². The Bertz CT molecular complexity index is 880. The number of fused-ring (bicyclic) bond motifs is 1. The molecule has 0 unspecified atom stereocenters. The first-order chi connectivity index (χ1) is 11.1. The molecule has 0 aliphatic rings. The summed E-state index contributed by atoms with van der Waals surface area (Å²) in [5, 5.41) is 0. The SMILES string of the molecule is COC(=O)c1cccn2cc(CSc3ccc(F)cc3F)nc12. The minimum absolute atomic E-state index is 0.344. The van der Waals surface area contributed by atoms with Crippen LogP contribution < -0.4 is 0 Å². The number of pyridine rings is 1. The van der Waals surface area contributed by atoms with Crippen LogP contribution in [0.25, 0.3) is 5.65 Å². The predicted molar refractivity (Wildman–Crippen MR) is 82.5 cm³/mol. The van der Waals surface area contributed by atoms with Crippen molar-refractivity contribution in [1.82, 2.24) is 9.38 Å². The van der Waals surface area contributed by atoms with Crippen LogP contribution >= 0.6 is 11.8 Å². The molecule has 0 aliphatic heterocycles. The first-order valence-corrected chi connectivity index (χ1v) is 7.70. The van der Waals surface area contributed by atoms with Gasteiger partial charge in [-0.25, -0.2) is 18.6 Å². The quantitative estimate of drug-likeness (QED) is 0.539. The van der Waals surface area contributed by atoms with Gasteiger partial charge in [0.25, 0.3) is 0 Å². The highest BCUT2D eigenvalue weighted by molar-refractivity contribution is 7.98. The smallest absolute Gasteiger partial charge is 0.341 e. The number of rotatable bonds is 4. The summed E-state index contributed by atoms with van der Waals surface area (Å²) in [5.74, 6) is -1.29. The maximum absolute atomic E-state index is 13.6. The number of aromatic nitrogens is 2. The number of hydrogen-bond donors (Lipinski definition) is 0. The number of methoxy groups -OCH3 is 1. The predicted octanol–water partition coefficient (Wildman–Crippen LogP) is 3.69. The van der Waals surface area contributed by atoms with Gasteiger partial charge in [-0.05, 0) is 24.3 Å². The maximum atomic E-state index is 13.6. The van der Waals surface area contributed by atoms with Crippen molar-refractivity contribution in [2.75, 3.05) is 7.11 Å². The van der Waals surface area contributed by atoms with E-state index < -0.39 is 17.6 Å². The van der Waals surface area contributed by atoms with Crippen LogP contribution in [0.1, 0.15) is 16.1 Å². The molecule has 2 aromatic heterocycles. The van der Waals surface area contributed by atoms with Crippen molar-refractivity contribution in [3.05, 3.63) is 65.6 Å². The summed E-state index contributed by atoms with van der Waals surface area (Å²) in [6.07, 6.45) is 3.53. The summed E-state index contributed by atoms with van der Waals surface area (Å²) in [6.45, 7) is 0.